The summed E-state index contributed by atoms with van der Waals surface area (Å²) in [5.74, 6) is -0.191. The van der Waals surface area contributed by atoms with Crippen molar-refractivity contribution in [3.8, 4) is 0 Å². The van der Waals surface area contributed by atoms with Crippen LogP contribution >= 0.6 is 0 Å². The molecule has 0 aliphatic carbocycles. The zero-order chi connectivity index (χ0) is 17.3. The van der Waals surface area contributed by atoms with Crippen molar-refractivity contribution in [3.05, 3.63) is 35.4 Å². The first-order chi connectivity index (χ1) is 11.3. The van der Waals surface area contributed by atoms with Crippen LogP contribution in [-0.2, 0) is 24.4 Å². The van der Waals surface area contributed by atoms with E-state index in [2.05, 4.69) is 15.3 Å². The number of amides is 1. The van der Waals surface area contributed by atoms with E-state index in [1.54, 1.807) is 29.0 Å². The fraction of sp³-hybridized carbons (Fsp3) is 0.533. The number of aromatic amines is 1. The third-order valence-electron chi connectivity index (χ3n) is 4.22. The van der Waals surface area contributed by atoms with Crippen LogP contribution in [0.4, 0.5) is 13.2 Å². The molecule has 1 atom stereocenters. The molecule has 0 aromatic carbocycles. The Labute approximate surface area is 136 Å². The van der Waals surface area contributed by atoms with Gasteiger partial charge in [-0.2, -0.15) is 23.4 Å². The van der Waals surface area contributed by atoms with Crippen LogP contribution in [0.15, 0.2) is 18.5 Å². The van der Waals surface area contributed by atoms with Crippen molar-refractivity contribution in [3.63, 3.8) is 0 Å². The van der Waals surface area contributed by atoms with Crippen molar-refractivity contribution in [1.29, 1.82) is 0 Å². The summed E-state index contributed by atoms with van der Waals surface area (Å²) < 4.78 is 39.6. The second-order valence-electron chi connectivity index (χ2n) is 6.08. The molecule has 1 amide bonds. The van der Waals surface area contributed by atoms with Gasteiger partial charge in [-0.3, -0.25) is 14.6 Å². The highest BCUT2D eigenvalue weighted by Gasteiger charge is 2.35. The topological polar surface area (TPSA) is 66.8 Å². The van der Waals surface area contributed by atoms with E-state index < -0.39 is 11.9 Å². The number of aryl methyl sites for hydroxylation is 1. The van der Waals surface area contributed by atoms with Gasteiger partial charge in [0.1, 0.15) is 0 Å². The Morgan fingerprint density at radius 1 is 1.46 bits per heavy atom. The number of nitrogens with one attached hydrogen (secondary N) is 1. The monoisotopic (exact) mass is 341 g/mol. The fourth-order valence-electron chi connectivity index (χ4n) is 3.00. The number of nitrogens with zero attached hydrogens (tertiary/aromatic N) is 4. The summed E-state index contributed by atoms with van der Waals surface area (Å²) in [5.41, 5.74) is 0.336. The first-order valence-corrected chi connectivity index (χ1v) is 7.70. The highest BCUT2D eigenvalue weighted by molar-refractivity contribution is 5.78. The minimum Gasteiger partial charge on any atom is -0.342 e. The molecule has 1 aliphatic heterocycles. The van der Waals surface area contributed by atoms with E-state index in [1.807, 2.05) is 0 Å². The summed E-state index contributed by atoms with van der Waals surface area (Å²) in [7, 11) is 1.78. The summed E-state index contributed by atoms with van der Waals surface area (Å²) >= 11 is 0. The first kappa shape index (κ1) is 16.5. The lowest BCUT2D eigenvalue weighted by molar-refractivity contribution is -0.141. The van der Waals surface area contributed by atoms with Crippen LogP contribution in [0.1, 0.15) is 35.7 Å². The highest BCUT2D eigenvalue weighted by Crippen LogP contribution is 2.32. The SMILES string of the molecule is Cn1cc(CC(=O)N2CCCC(c3cc(C(F)(F)F)n[nH]3)C2)cn1. The summed E-state index contributed by atoms with van der Waals surface area (Å²) in [6.45, 7) is 1.02. The van der Waals surface area contributed by atoms with Crippen molar-refractivity contribution in [2.45, 2.75) is 31.4 Å². The molecule has 1 unspecified atom stereocenters. The number of rotatable bonds is 3. The van der Waals surface area contributed by atoms with Crippen LogP contribution in [0.5, 0.6) is 0 Å². The van der Waals surface area contributed by atoms with E-state index in [9.17, 15) is 18.0 Å². The number of aromatic nitrogens is 4. The van der Waals surface area contributed by atoms with Crippen LogP contribution in [0.25, 0.3) is 0 Å². The molecule has 1 saturated heterocycles. The number of carbonyl (C=O) groups excluding carboxylic acids is 1. The number of likely N-dealkylation sites (tertiary alicyclic amines) is 1. The van der Waals surface area contributed by atoms with Crippen molar-refractivity contribution in [1.82, 2.24) is 24.9 Å². The van der Waals surface area contributed by atoms with Crippen LogP contribution in [0, 0.1) is 0 Å². The number of halogens is 3. The molecule has 1 aliphatic rings. The van der Waals surface area contributed by atoms with Crippen LogP contribution in [0.3, 0.4) is 0 Å². The molecule has 9 heteroatoms. The van der Waals surface area contributed by atoms with E-state index in [-0.39, 0.29) is 18.2 Å². The van der Waals surface area contributed by atoms with Gasteiger partial charge < -0.3 is 4.90 Å². The number of H-pyrrole nitrogens is 1. The van der Waals surface area contributed by atoms with Crippen molar-refractivity contribution in [2.24, 2.45) is 7.05 Å². The predicted octanol–water partition coefficient (Wildman–Crippen LogP) is 2.11. The van der Waals surface area contributed by atoms with Crippen LogP contribution < -0.4 is 0 Å². The molecule has 2 aromatic heterocycles. The van der Waals surface area contributed by atoms with Crippen molar-refractivity contribution >= 4 is 5.91 Å². The summed E-state index contributed by atoms with van der Waals surface area (Å²) in [4.78, 5) is 14.1. The smallest absolute Gasteiger partial charge is 0.342 e. The lowest BCUT2D eigenvalue weighted by atomic mass is 9.94. The maximum Gasteiger partial charge on any atom is 0.435 e. The lowest BCUT2D eigenvalue weighted by Gasteiger charge is -2.32. The quantitative estimate of drug-likeness (QED) is 0.930. The third kappa shape index (κ3) is 3.60. The largest absolute Gasteiger partial charge is 0.435 e. The molecule has 24 heavy (non-hydrogen) atoms. The van der Waals surface area contributed by atoms with Crippen molar-refractivity contribution < 1.29 is 18.0 Å². The molecule has 0 bridgehead atoms. The molecule has 3 heterocycles. The Kier molecular flexibility index (Phi) is 4.33. The van der Waals surface area contributed by atoms with E-state index in [1.165, 1.54) is 0 Å². The molecule has 0 radical (unpaired) electrons. The van der Waals surface area contributed by atoms with Gasteiger partial charge in [-0.25, -0.2) is 0 Å². The van der Waals surface area contributed by atoms with Crippen molar-refractivity contribution in [2.75, 3.05) is 13.1 Å². The predicted molar refractivity (Wildman–Crippen MR) is 79.1 cm³/mol. The van der Waals surface area contributed by atoms with Gasteiger partial charge in [0.25, 0.3) is 0 Å². The summed E-state index contributed by atoms with van der Waals surface area (Å²) in [6, 6.07) is 1.04. The Hall–Kier alpha value is -2.32. The van der Waals surface area contributed by atoms with Gasteiger partial charge in [0.05, 0.1) is 12.6 Å². The summed E-state index contributed by atoms with van der Waals surface area (Å²) in [5, 5.41) is 9.84. The van der Waals surface area contributed by atoms with Gasteiger partial charge in [-0.15, -0.1) is 0 Å². The maximum atomic E-state index is 12.7. The van der Waals surface area contributed by atoms with Gasteiger partial charge in [0, 0.05) is 37.9 Å². The molecular weight excluding hydrogens is 323 g/mol. The fourth-order valence-corrected chi connectivity index (χ4v) is 3.00. The average Bonchev–Trinajstić information content (AvgIpc) is 3.16. The van der Waals surface area contributed by atoms with Gasteiger partial charge >= 0.3 is 6.18 Å². The van der Waals surface area contributed by atoms with Crippen LogP contribution in [0.2, 0.25) is 0 Å². The number of alkyl halides is 3. The zero-order valence-corrected chi connectivity index (χ0v) is 13.2. The van der Waals surface area contributed by atoms with E-state index in [0.29, 0.717) is 18.8 Å². The second kappa shape index (κ2) is 6.29. The van der Waals surface area contributed by atoms with Crippen LogP contribution in [-0.4, -0.2) is 43.9 Å². The molecule has 1 N–H and O–H groups in total. The minimum absolute atomic E-state index is 0.0386. The Morgan fingerprint density at radius 3 is 2.88 bits per heavy atom. The standard InChI is InChI=1S/C15H18F3N5O/c1-22-8-10(7-19-22)5-14(24)23-4-2-3-11(9-23)12-6-13(21-20-12)15(16,17)18/h6-8,11H,2-5,9H2,1H3,(H,20,21). The molecule has 3 rings (SSSR count). The Bertz CT molecular complexity index is 721. The molecule has 130 valence electrons. The highest BCUT2D eigenvalue weighted by atomic mass is 19.4. The molecule has 6 nitrogen and oxygen atoms in total. The third-order valence-corrected chi connectivity index (χ3v) is 4.22. The number of hydrogen-bond donors (Lipinski definition) is 1. The normalized spacial score (nSPS) is 18.8. The summed E-state index contributed by atoms with van der Waals surface area (Å²) in [6.07, 6.45) is 0.699. The maximum absolute atomic E-state index is 12.7. The first-order valence-electron chi connectivity index (χ1n) is 7.70. The van der Waals surface area contributed by atoms with E-state index in [4.69, 9.17) is 0 Å². The second-order valence-corrected chi connectivity index (χ2v) is 6.08. The average molecular weight is 341 g/mol. The lowest BCUT2D eigenvalue weighted by Crippen LogP contribution is -2.40. The molecular formula is C15H18F3N5O. The van der Waals surface area contributed by atoms with Gasteiger partial charge in [-0.1, -0.05) is 0 Å². The number of carbonyl (C=O) groups is 1. The van der Waals surface area contributed by atoms with Gasteiger partial charge in [0.15, 0.2) is 5.69 Å². The van der Waals surface area contributed by atoms with Gasteiger partial charge in [-0.05, 0) is 24.5 Å². The zero-order valence-electron chi connectivity index (χ0n) is 13.2. The van der Waals surface area contributed by atoms with E-state index >= 15 is 0 Å². The molecule has 0 spiro atoms. The molecule has 0 saturated carbocycles. The number of hydrogen-bond acceptors (Lipinski definition) is 3. The van der Waals surface area contributed by atoms with E-state index in [0.717, 1.165) is 24.5 Å². The molecule has 2 aromatic rings. The Balaban J connectivity index is 1.65. The van der Waals surface area contributed by atoms with Gasteiger partial charge in [0.2, 0.25) is 5.91 Å². The number of piperidine rings is 1. The Morgan fingerprint density at radius 2 is 2.25 bits per heavy atom. The molecule has 1 fully saturated rings. The minimum atomic E-state index is -4.46.